The predicted octanol–water partition coefficient (Wildman–Crippen LogP) is 1.20. The standard InChI is InChI=1S/C10H14O2/c1-5-2-9-10(12-9)3-6(5)7-4-11-8(1)7/h5-10H,1-4H2. The molecule has 4 aliphatic rings. The molecule has 0 N–H and O–H groups in total. The zero-order valence-corrected chi connectivity index (χ0v) is 7.11. The van der Waals surface area contributed by atoms with Crippen LogP contribution in [0.3, 0.4) is 0 Å². The maximum atomic E-state index is 5.58. The topological polar surface area (TPSA) is 21.8 Å². The van der Waals surface area contributed by atoms with Crippen LogP contribution in [0.1, 0.15) is 19.3 Å². The van der Waals surface area contributed by atoms with Crippen molar-refractivity contribution in [3.05, 3.63) is 0 Å². The Morgan fingerprint density at radius 3 is 2.50 bits per heavy atom. The van der Waals surface area contributed by atoms with Gasteiger partial charge in [0.2, 0.25) is 0 Å². The Bertz CT molecular complexity index is 226. The zero-order chi connectivity index (χ0) is 7.71. The van der Waals surface area contributed by atoms with Crippen LogP contribution in [-0.2, 0) is 9.47 Å². The van der Waals surface area contributed by atoms with Gasteiger partial charge in [0.15, 0.2) is 0 Å². The fraction of sp³-hybridized carbons (Fsp3) is 1.00. The second-order valence-electron chi connectivity index (χ2n) is 4.88. The molecule has 0 radical (unpaired) electrons. The molecule has 2 aliphatic carbocycles. The number of fused-ring (bicyclic) bond motifs is 4. The van der Waals surface area contributed by atoms with Gasteiger partial charge >= 0.3 is 0 Å². The average molecular weight is 166 g/mol. The lowest BCUT2D eigenvalue weighted by Crippen LogP contribution is -2.39. The van der Waals surface area contributed by atoms with Gasteiger partial charge in [-0.3, -0.25) is 0 Å². The maximum absolute atomic E-state index is 5.58. The first-order valence-electron chi connectivity index (χ1n) is 5.19. The minimum atomic E-state index is 0.650. The lowest BCUT2D eigenvalue weighted by atomic mass is 9.78. The third-order valence-corrected chi connectivity index (χ3v) is 4.40. The molecule has 2 saturated heterocycles. The molecule has 0 amide bonds. The lowest BCUT2D eigenvalue weighted by Gasteiger charge is -2.35. The molecular weight excluding hydrogens is 152 g/mol. The molecular formula is C10H14O2. The SMILES string of the molecule is C1C2CC3OCC3C2CC2OC12. The quantitative estimate of drug-likeness (QED) is 0.504. The molecule has 2 heteroatoms. The van der Waals surface area contributed by atoms with E-state index in [1.807, 2.05) is 0 Å². The monoisotopic (exact) mass is 166 g/mol. The second-order valence-corrected chi connectivity index (χ2v) is 4.88. The van der Waals surface area contributed by atoms with Gasteiger partial charge in [0.1, 0.15) is 0 Å². The smallest absolute Gasteiger partial charge is 0.0844 e. The molecule has 0 bridgehead atoms. The van der Waals surface area contributed by atoms with Crippen molar-refractivity contribution in [2.75, 3.05) is 6.61 Å². The Kier molecular flexibility index (Phi) is 0.999. The van der Waals surface area contributed by atoms with E-state index in [1.165, 1.54) is 19.3 Å². The fourth-order valence-corrected chi connectivity index (χ4v) is 3.61. The summed E-state index contributed by atoms with van der Waals surface area (Å²) >= 11 is 0. The molecule has 0 aromatic heterocycles. The minimum absolute atomic E-state index is 0.650. The normalized spacial score (nSPS) is 66.0. The second kappa shape index (κ2) is 1.88. The Morgan fingerprint density at radius 2 is 1.67 bits per heavy atom. The summed E-state index contributed by atoms with van der Waals surface area (Å²) < 4.78 is 11.1. The number of hydrogen-bond donors (Lipinski definition) is 0. The van der Waals surface area contributed by atoms with Gasteiger partial charge in [-0.05, 0) is 31.1 Å². The van der Waals surface area contributed by atoms with E-state index in [0.717, 1.165) is 24.4 Å². The first kappa shape index (κ1) is 6.39. The van der Waals surface area contributed by atoms with Crippen LogP contribution in [0.2, 0.25) is 0 Å². The Labute approximate surface area is 72.2 Å². The van der Waals surface area contributed by atoms with E-state index in [0.29, 0.717) is 18.3 Å². The number of rotatable bonds is 0. The Morgan fingerprint density at radius 1 is 0.833 bits per heavy atom. The Balaban J connectivity index is 1.63. The third kappa shape index (κ3) is 0.647. The molecule has 4 rings (SSSR count). The van der Waals surface area contributed by atoms with Crippen LogP contribution in [0.5, 0.6) is 0 Å². The van der Waals surface area contributed by atoms with Crippen LogP contribution >= 0.6 is 0 Å². The van der Waals surface area contributed by atoms with Gasteiger partial charge in [0, 0.05) is 5.92 Å². The van der Waals surface area contributed by atoms with Crippen molar-refractivity contribution >= 4 is 0 Å². The maximum Gasteiger partial charge on any atom is 0.0844 e. The largest absolute Gasteiger partial charge is 0.377 e. The van der Waals surface area contributed by atoms with E-state index >= 15 is 0 Å². The van der Waals surface area contributed by atoms with Crippen LogP contribution in [0.4, 0.5) is 0 Å². The molecule has 2 heterocycles. The number of ether oxygens (including phenoxy) is 2. The summed E-state index contributed by atoms with van der Waals surface area (Å²) in [4.78, 5) is 0. The van der Waals surface area contributed by atoms with E-state index in [1.54, 1.807) is 0 Å². The van der Waals surface area contributed by atoms with E-state index in [9.17, 15) is 0 Å². The fourth-order valence-electron chi connectivity index (χ4n) is 3.61. The molecule has 0 spiro atoms. The zero-order valence-electron chi connectivity index (χ0n) is 7.11. The highest BCUT2D eigenvalue weighted by molar-refractivity contribution is 5.05. The Hall–Kier alpha value is -0.0800. The molecule has 4 fully saturated rings. The minimum Gasteiger partial charge on any atom is -0.377 e. The summed E-state index contributed by atoms with van der Waals surface area (Å²) in [7, 11) is 0. The molecule has 0 aromatic carbocycles. The molecule has 0 aromatic rings. The highest BCUT2D eigenvalue weighted by Gasteiger charge is 2.57. The van der Waals surface area contributed by atoms with Gasteiger partial charge in [0.25, 0.3) is 0 Å². The predicted molar refractivity (Wildman–Crippen MR) is 42.7 cm³/mol. The molecule has 66 valence electrons. The van der Waals surface area contributed by atoms with Gasteiger partial charge in [-0.1, -0.05) is 0 Å². The molecule has 2 nitrogen and oxygen atoms in total. The van der Waals surface area contributed by atoms with E-state index < -0.39 is 0 Å². The first-order valence-corrected chi connectivity index (χ1v) is 5.19. The van der Waals surface area contributed by atoms with Gasteiger partial charge in [-0.25, -0.2) is 0 Å². The van der Waals surface area contributed by atoms with Crippen LogP contribution in [0.25, 0.3) is 0 Å². The van der Waals surface area contributed by atoms with Gasteiger partial charge in [-0.15, -0.1) is 0 Å². The molecule has 2 aliphatic heterocycles. The highest BCUT2D eigenvalue weighted by Crippen LogP contribution is 2.55. The van der Waals surface area contributed by atoms with E-state index in [4.69, 9.17) is 9.47 Å². The summed E-state index contributed by atoms with van der Waals surface area (Å²) in [5.74, 6) is 2.83. The van der Waals surface area contributed by atoms with Crippen LogP contribution in [0.15, 0.2) is 0 Å². The van der Waals surface area contributed by atoms with Crippen molar-refractivity contribution in [3.8, 4) is 0 Å². The molecule has 12 heavy (non-hydrogen) atoms. The number of hydrogen-bond acceptors (Lipinski definition) is 2. The van der Waals surface area contributed by atoms with Crippen LogP contribution in [-0.4, -0.2) is 24.9 Å². The summed E-state index contributed by atoms with van der Waals surface area (Å²) in [6, 6.07) is 0. The average Bonchev–Trinajstić information content (AvgIpc) is 2.70. The lowest BCUT2D eigenvalue weighted by molar-refractivity contribution is -0.109. The summed E-state index contributed by atoms with van der Waals surface area (Å²) in [6.45, 7) is 1.04. The van der Waals surface area contributed by atoms with Crippen LogP contribution < -0.4 is 0 Å². The highest BCUT2D eigenvalue weighted by atomic mass is 16.6. The summed E-state index contributed by atoms with van der Waals surface area (Å²) in [5, 5.41) is 0. The third-order valence-electron chi connectivity index (χ3n) is 4.40. The van der Waals surface area contributed by atoms with Crippen molar-refractivity contribution in [3.63, 3.8) is 0 Å². The molecule has 6 unspecified atom stereocenters. The summed E-state index contributed by atoms with van der Waals surface area (Å²) in [6.07, 6.45) is 5.99. The van der Waals surface area contributed by atoms with E-state index in [2.05, 4.69) is 0 Å². The van der Waals surface area contributed by atoms with Crippen molar-refractivity contribution in [2.45, 2.75) is 37.6 Å². The van der Waals surface area contributed by atoms with Gasteiger partial charge in [0.05, 0.1) is 24.9 Å². The van der Waals surface area contributed by atoms with Crippen LogP contribution in [0, 0.1) is 17.8 Å². The number of epoxide rings is 1. The van der Waals surface area contributed by atoms with Crippen molar-refractivity contribution in [2.24, 2.45) is 17.8 Å². The van der Waals surface area contributed by atoms with Gasteiger partial charge in [-0.2, -0.15) is 0 Å². The van der Waals surface area contributed by atoms with Crippen molar-refractivity contribution < 1.29 is 9.47 Å². The molecule has 2 saturated carbocycles. The van der Waals surface area contributed by atoms with Crippen molar-refractivity contribution in [1.82, 2.24) is 0 Å². The summed E-state index contributed by atoms with van der Waals surface area (Å²) in [5.41, 5.74) is 0. The van der Waals surface area contributed by atoms with Gasteiger partial charge < -0.3 is 9.47 Å². The first-order chi connectivity index (χ1) is 5.92. The van der Waals surface area contributed by atoms with Crippen molar-refractivity contribution in [1.29, 1.82) is 0 Å². The van der Waals surface area contributed by atoms with E-state index in [-0.39, 0.29) is 0 Å². The molecule has 6 atom stereocenters.